The predicted octanol–water partition coefficient (Wildman–Crippen LogP) is 2.38. The molecule has 1 amide bonds. The van der Waals surface area contributed by atoms with E-state index < -0.39 is 12.1 Å². The maximum absolute atomic E-state index is 13.0. The highest BCUT2D eigenvalue weighted by Crippen LogP contribution is 2.28. The number of hydrogen-bond donors (Lipinski definition) is 1. The summed E-state index contributed by atoms with van der Waals surface area (Å²) in [5, 5.41) is 9.13. The summed E-state index contributed by atoms with van der Waals surface area (Å²) < 4.78 is 5.20. The van der Waals surface area contributed by atoms with Crippen molar-refractivity contribution in [1.29, 1.82) is 0 Å². The molecule has 2 aromatic rings. The zero-order valence-electron chi connectivity index (χ0n) is 14.0. The van der Waals surface area contributed by atoms with Crippen LogP contribution in [0.2, 0.25) is 0 Å². The van der Waals surface area contributed by atoms with E-state index in [0.717, 1.165) is 11.4 Å². The zero-order valence-corrected chi connectivity index (χ0v) is 14.0. The number of aliphatic carboxylic acids is 1. The second kappa shape index (κ2) is 7.36. The van der Waals surface area contributed by atoms with Crippen LogP contribution in [0.5, 0.6) is 0 Å². The SMILES string of the molecule is CN(c1ccccc1)c1ccccc1C(=O)N1CCOC(C(=O)O)C1. The number of para-hydroxylation sites is 2. The smallest absolute Gasteiger partial charge is 0.334 e. The van der Waals surface area contributed by atoms with Gasteiger partial charge >= 0.3 is 5.97 Å². The van der Waals surface area contributed by atoms with Gasteiger partial charge in [0.15, 0.2) is 6.10 Å². The minimum atomic E-state index is -1.05. The summed E-state index contributed by atoms with van der Waals surface area (Å²) in [4.78, 5) is 27.6. The average molecular weight is 340 g/mol. The highest BCUT2D eigenvalue weighted by Gasteiger charge is 2.30. The Kier molecular flexibility index (Phi) is 5.00. The largest absolute Gasteiger partial charge is 0.479 e. The number of ether oxygens (including phenoxy) is 1. The lowest BCUT2D eigenvalue weighted by atomic mass is 10.1. The molecule has 0 radical (unpaired) electrons. The normalized spacial score (nSPS) is 17.2. The fourth-order valence-corrected chi connectivity index (χ4v) is 2.89. The average Bonchev–Trinajstić information content (AvgIpc) is 2.67. The maximum atomic E-state index is 13.0. The molecule has 0 spiro atoms. The molecule has 3 rings (SSSR count). The van der Waals surface area contributed by atoms with Crippen molar-refractivity contribution in [2.45, 2.75) is 6.10 Å². The molecule has 1 aliphatic rings. The van der Waals surface area contributed by atoms with Gasteiger partial charge in [0.1, 0.15) is 0 Å². The van der Waals surface area contributed by atoms with E-state index in [1.165, 1.54) is 0 Å². The Morgan fingerprint density at radius 2 is 1.80 bits per heavy atom. The van der Waals surface area contributed by atoms with Crippen LogP contribution in [0, 0.1) is 0 Å². The van der Waals surface area contributed by atoms with Crippen LogP contribution in [0.3, 0.4) is 0 Å². The summed E-state index contributed by atoms with van der Waals surface area (Å²) in [7, 11) is 1.90. The van der Waals surface area contributed by atoms with Crippen LogP contribution in [-0.2, 0) is 9.53 Å². The number of rotatable bonds is 4. The van der Waals surface area contributed by atoms with Crippen molar-refractivity contribution < 1.29 is 19.4 Å². The Balaban J connectivity index is 1.87. The third-order valence-corrected chi connectivity index (χ3v) is 4.27. The van der Waals surface area contributed by atoms with Gasteiger partial charge < -0.3 is 19.6 Å². The quantitative estimate of drug-likeness (QED) is 0.925. The highest BCUT2D eigenvalue weighted by atomic mass is 16.5. The molecular weight excluding hydrogens is 320 g/mol. The van der Waals surface area contributed by atoms with E-state index in [1.807, 2.05) is 60.5 Å². The van der Waals surface area contributed by atoms with Crippen molar-refractivity contribution in [3.8, 4) is 0 Å². The van der Waals surface area contributed by atoms with Gasteiger partial charge in [0.25, 0.3) is 5.91 Å². The first-order chi connectivity index (χ1) is 12.1. The molecule has 25 heavy (non-hydrogen) atoms. The van der Waals surface area contributed by atoms with E-state index in [2.05, 4.69) is 0 Å². The number of nitrogens with zero attached hydrogens (tertiary/aromatic N) is 2. The van der Waals surface area contributed by atoms with Gasteiger partial charge in [-0.1, -0.05) is 30.3 Å². The number of morpholine rings is 1. The third kappa shape index (κ3) is 3.64. The summed E-state index contributed by atoms with van der Waals surface area (Å²) in [5.41, 5.74) is 2.28. The van der Waals surface area contributed by atoms with Gasteiger partial charge in [0, 0.05) is 19.3 Å². The van der Waals surface area contributed by atoms with E-state index in [9.17, 15) is 9.59 Å². The number of carboxylic acid groups (broad SMARTS) is 1. The minimum Gasteiger partial charge on any atom is -0.479 e. The van der Waals surface area contributed by atoms with Crippen LogP contribution in [0.4, 0.5) is 11.4 Å². The second-order valence-electron chi connectivity index (χ2n) is 5.86. The summed E-state index contributed by atoms with van der Waals surface area (Å²) in [5.74, 6) is -1.24. The summed E-state index contributed by atoms with van der Waals surface area (Å²) in [6, 6.07) is 17.1. The number of amides is 1. The van der Waals surface area contributed by atoms with E-state index >= 15 is 0 Å². The molecule has 130 valence electrons. The van der Waals surface area contributed by atoms with E-state index in [4.69, 9.17) is 9.84 Å². The van der Waals surface area contributed by atoms with Crippen LogP contribution < -0.4 is 4.90 Å². The molecule has 0 bridgehead atoms. The van der Waals surface area contributed by atoms with Crippen molar-refractivity contribution in [1.82, 2.24) is 4.90 Å². The number of carbonyl (C=O) groups is 2. The highest BCUT2D eigenvalue weighted by molar-refractivity contribution is 6.00. The Bertz CT molecular complexity index is 763. The van der Waals surface area contributed by atoms with Gasteiger partial charge in [-0.25, -0.2) is 4.79 Å². The number of benzene rings is 2. The van der Waals surface area contributed by atoms with Crippen LogP contribution in [0.1, 0.15) is 10.4 Å². The van der Waals surface area contributed by atoms with E-state index in [0.29, 0.717) is 12.1 Å². The molecule has 2 aromatic carbocycles. The maximum Gasteiger partial charge on any atom is 0.334 e. The summed E-state index contributed by atoms with van der Waals surface area (Å²) in [6.45, 7) is 0.656. The van der Waals surface area contributed by atoms with E-state index in [1.54, 1.807) is 11.0 Å². The first-order valence-corrected chi connectivity index (χ1v) is 8.09. The van der Waals surface area contributed by atoms with Gasteiger partial charge in [-0.05, 0) is 24.3 Å². The molecule has 1 atom stereocenters. The summed E-state index contributed by atoms with van der Waals surface area (Å²) >= 11 is 0. The number of hydrogen-bond acceptors (Lipinski definition) is 4. The lowest BCUT2D eigenvalue weighted by molar-refractivity contribution is -0.154. The predicted molar refractivity (Wildman–Crippen MR) is 94.2 cm³/mol. The standard InChI is InChI=1S/C19H20N2O4/c1-20(14-7-3-2-4-8-14)16-10-6-5-9-15(16)18(22)21-11-12-25-17(13-21)19(23)24/h2-10,17H,11-13H2,1H3,(H,23,24). The Labute approximate surface area is 146 Å². The Morgan fingerprint density at radius 3 is 2.52 bits per heavy atom. The fourth-order valence-electron chi connectivity index (χ4n) is 2.89. The van der Waals surface area contributed by atoms with Gasteiger partial charge in [0.05, 0.1) is 24.4 Å². The first-order valence-electron chi connectivity index (χ1n) is 8.09. The molecule has 1 fully saturated rings. The van der Waals surface area contributed by atoms with Crippen molar-refractivity contribution in [3.63, 3.8) is 0 Å². The fraction of sp³-hybridized carbons (Fsp3) is 0.263. The second-order valence-corrected chi connectivity index (χ2v) is 5.86. The number of carboxylic acids is 1. The van der Waals surface area contributed by atoms with Crippen LogP contribution in [0.15, 0.2) is 54.6 Å². The zero-order chi connectivity index (χ0) is 17.8. The number of anilines is 2. The van der Waals surface area contributed by atoms with Gasteiger partial charge in [0.2, 0.25) is 0 Å². The molecule has 0 aliphatic carbocycles. The molecule has 1 aliphatic heterocycles. The molecule has 1 saturated heterocycles. The molecule has 6 heteroatoms. The van der Waals surface area contributed by atoms with Crippen LogP contribution in [0.25, 0.3) is 0 Å². The van der Waals surface area contributed by atoms with Crippen LogP contribution >= 0.6 is 0 Å². The molecule has 1 heterocycles. The first kappa shape index (κ1) is 17.0. The Morgan fingerprint density at radius 1 is 1.12 bits per heavy atom. The summed E-state index contributed by atoms with van der Waals surface area (Å²) in [6.07, 6.45) is -0.975. The van der Waals surface area contributed by atoms with Crippen LogP contribution in [-0.4, -0.2) is 54.7 Å². The van der Waals surface area contributed by atoms with Crippen molar-refractivity contribution in [2.75, 3.05) is 31.6 Å². The Hall–Kier alpha value is -2.86. The monoisotopic (exact) mass is 340 g/mol. The molecule has 1 N–H and O–H groups in total. The molecule has 6 nitrogen and oxygen atoms in total. The van der Waals surface area contributed by atoms with Crippen molar-refractivity contribution in [2.24, 2.45) is 0 Å². The molecule has 1 unspecified atom stereocenters. The minimum absolute atomic E-state index is 0.0531. The van der Waals surface area contributed by atoms with E-state index in [-0.39, 0.29) is 19.1 Å². The van der Waals surface area contributed by atoms with Crippen molar-refractivity contribution >= 4 is 23.3 Å². The molecule has 0 saturated carbocycles. The molecular formula is C19H20N2O4. The van der Waals surface area contributed by atoms with Gasteiger partial charge in [-0.15, -0.1) is 0 Å². The van der Waals surface area contributed by atoms with Gasteiger partial charge in [-0.3, -0.25) is 4.79 Å². The topological polar surface area (TPSA) is 70.1 Å². The van der Waals surface area contributed by atoms with Gasteiger partial charge in [-0.2, -0.15) is 0 Å². The third-order valence-electron chi connectivity index (χ3n) is 4.27. The lowest BCUT2D eigenvalue weighted by Gasteiger charge is -2.32. The number of carbonyl (C=O) groups excluding carboxylic acids is 1. The lowest BCUT2D eigenvalue weighted by Crippen LogP contribution is -2.48. The molecule has 0 aromatic heterocycles. The van der Waals surface area contributed by atoms with Crippen molar-refractivity contribution in [3.05, 3.63) is 60.2 Å².